The number of rotatable bonds is 4. The SMILES string of the molecule is Cc1cccc(OCCc2cccnc2)c1F. The van der Waals surface area contributed by atoms with Gasteiger partial charge in [0.05, 0.1) is 6.61 Å². The van der Waals surface area contributed by atoms with Crippen molar-refractivity contribution >= 4 is 0 Å². The summed E-state index contributed by atoms with van der Waals surface area (Å²) in [5.74, 6) is 0.0348. The van der Waals surface area contributed by atoms with Gasteiger partial charge in [0, 0.05) is 18.8 Å². The third-order valence-corrected chi connectivity index (χ3v) is 2.53. The Hall–Kier alpha value is -1.90. The van der Waals surface area contributed by atoms with Crippen LogP contribution in [0.2, 0.25) is 0 Å². The summed E-state index contributed by atoms with van der Waals surface area (Å²) in [6.07, 6.45) is 4.24. The number of hydrogen-bond acceptors (Lipinski definition) is 2. The zero-order chi connectivity index (χ0) is 12.1. The van der Waals surface area contributed by atoms with Crippen molar-refractivity contribution in [2.45, 2.75) is 13.3 Å². The maximum Gasteiger partial charge on any atom is 0.167 e. The van der Waals surface area contributed by atoms with Crippen LogP contribution in [0.5, 0.6) is 5.75 Å². The summed E-state index contributed by atoms with van der Waals surface area (Å²) >= 11 is 0. The van der Waals surface area contributed by atoms with Gasteiger partial charge in [-0.05, 0) is 30.2 Å². The minimum Gasteiger partial charge on any atom is -0.490 e. The van der Waals surface area contributed by atoms with Gasteiger partial charge in [-0.1, -0.05) is 18.2 Å². The van der Waals surface area contributed by atoms with E-state index in [0.29, 0.717) is 17.9 Å². The van der Waals surface area contributed by atoms with Gasteiger partial charge < -0.3 is 4.74 Å². The molecule has 0 aliphatic rings. The Kier molecular flexibility index (Phi) is 3.70. The quantitative estimate of drug-likeness (QED) is 0.806. The fourth-order valence-electron chi connectivity index (χ4n) is 1.56. The van der Waals surface area contributed by atoms with Gasteiger partial charge in [-0.25, -0.2) is 4.39 Å². The van der Waals surface area contributed by atoms with E-state index in [2.05, 4.69) is 4.98 Å². The fourth-order valence-corrected chi connectivity index (χ4v) is 1.56. The number of nitrogens with zero attached hydrogens (tertiary/aromatic N) is 1. The van der Waals surface area contributed by atoms with Gasteiger partial charge >= 0.3 is 0 Å². The first kappa shape index (κ1) is 11.6. The van der Waals surface area contributed by atoms with Gasteiger partial charge in [0.2, 0.25) is 0 Å². The van der Waals surface area contributed by atoms with E-state index in [1.165, 1.54) is 0 Å². The van der Waals surface area contributed by atoms with Crippen LogP contribution in [-0.4, -0.2) is 11.6 Å². The fraction of sp³-hybridized carbons (Fsp3) is 0.214. The largest absolute Gasteiger partial charge is 0.490 e. The lowest BCUT2D eigenvalue weighted by Crippen LogP contribution is -2.03. The highest BCUT2D eigenvalue weighted by Crippen LogP contribution is 2.19. The van der Waals surface area contributed by atoms with Crippen molar-refractivity contribution in [2.75, 3.05) is 6.61 Å². The number of halogens is 1. The maximum absolute atomic E-state index is 13.6. The van der Waals surface area contributed by atoms with E-state index < -0.39 is 0 Å². The first-order chi connectivity index (χ1) is 8.27. The number of hydrogen-bond donors (Lipinski definition) is 0. The molecule has 2 aromatic rings. The highest BCUT2D eigenvalue weighted by molar-refractivity contribution is 5.30. The second-order valence-electron chi connectivity index (χ2n) is 3.85. The van der Waals surface area contributed by atoms with Crippen LogP contribution >= 0.6 is 0 Å². The molecule has 0 saturated carbocycles. The normalized spacial score (nSPS) is 10.2. The molecule has 0 spiro atoms. The summed E-state index contributed by atoms with van der Waals surface area (Å²) in [7, 11) is 0. The number of benzene rings is 1. The van der Waals surface area contributed by atoms with Crippen LogP contribution in [0.25, 0.3) is 0 Å². The molecule has 1 aromatic carbocycles. The van der Waals surface area contributed by atoms with Crippen molar-refractivity contribution in [2.24, 2.45) is 0 Å². The lowest BCUT2D eigenvalue weighted by molar-refractivity contribution is 0.304. The molecule has 0 atom stereocenters. The Morgan fingerprint density at radius 1 is 1.24 bits per heavy atom. The van der Waals surface area contributed by atoms with Crippen molar-refractivity contribution in [3.63, 3.8) is 0 Å². The average molecular weight is 231 g/mol. The van der Waals surface area contributed by atoms with Crippen LogP contribution in [0, 0.1) is 12.7 Å². The molecule has 0 radical (unpaired) electrons. The van der Waals surface area contributed by atoms with Crippen molar-refractivity contribution in [1.82, 2.24) is 4.98 Å². The lowest BCUT2D eigenvalue weighted by atomic mass is 10.2. The van der Waals surface area contributed by atoms with E-state index in [1.54, 1.807) is 37.5 Å². The summed E-state index contributed by atoms with van der Waals surface area (Å²) < 4.78 is 19.0. The smallest absolute Gasteiger partial charge is 0.167 e. The van der Waals surface area contributed by atoms with E-state index in [1.807, 2.05) is 12.1 Å². The summed E-state index contributed by atoms with van der Waals surface area (Å²) in [5, 5.41) is 0. The molecule has 0 amide bonds. The monoisotopic (exact) mass is 231 g/mol. The summed E-state index contributed by atoms with van der Waals surface area (Å²) in [6, 6.07) is 9.01. The molecule has 3 heteroatoms. The van der Waals surface area contributed by atoms with Gasteiger partial charge in [-0.2, -0.15) is 0 Å². The van der Waals surface area contributed by atoms with Crippen LogP contribution in [0.4, 0.5) is 4.39 Å². The maximum atomic E-state index is 13.6. The second kappa shape index (κ2) is 5.43. The van der Waals surface area contributed by atoms with E-state index in [9.17, 15) is 4.39 Å². The topological polar surface area (TPSA) is 22.1 Å². The van der Waals surface area contributed by atoms with Crippen LogP contribution < -0.4 is 4.74 Å². The van der Waals surface area contributed by atoms with Crippen LogP contribution in [0.3, 0.4) is 0 Å². The molecule has 0 unspecified atom stereocenters. The van der Waals surface area contributed by atoms with Gasteiger partial charge in [0.15, 0.2) is 11.6 Å². The average Bonchev–Trinajstić information content (AvgIpc) is 2.36. The van der Waals surface area contributed by atoms with Crippen LogP contribution in [0.15, 0.2) is 42.7 Å². The van der Waals surface area contributed by atoms with Crippen molar-refractivity contribution < 1.29 is 9.13 Å². The summed E-state index contributed by atoms with van der Waals surface area (Å²) in [6.45, 7) is 2.18. The van der Waals surface area contributed by atoms with E-state index in [-0.39, 0.29) is 5.82 Å². The zero-order valence-electron chi connectivity index (χ0n) is 9.69. The van der Waals surface area contributed by atoms with Gasteiger partial charge in [-0.3, -0.25) is 4.98 Å². The Bertz CT molecular complexity index is 485. The molecule has 0 fully saturated rings. The van der Waals surface area contributed by atoms with E-state index in [0.717, 1.165) is 12.0 Å². The molecule has 0 bridgehead atoms. The van der Waals surface area contributed by atoms with E-state index >= 15 is 0 Å². The third-order valence-electron chi connectivity index (χ3n) is 2.53. The van der Waals surface area contributed by atoms with Crippen LogP contribution in [0.1, 0.15) is 11.1 Å². The summed E-state index contributed by atoms with van der Waals surface area (Å²) in [4.78, 5) is 4.01. The van der Waals surface area contributed by atoms with Gasteiger partial charge in [0.25, 0.3) is 0 Å². The van der Waals surface area contributed by atoms with Gasteiger partial charge in [-0.15, -0.1) is 0 Å². The van der Waals surface area contributed by atoms with E-state index in [4.69, 9.17) is 4.74 Å². The molecule has 0 aliphatic heterocycles. The van der Waals surface area contributed by atoms with Gasteiger partial charge in [0.1, 0.15) is 0 Å². The first-order valence-corrected chi connectivity index (χ1v) is 5.54. The molecule has 88 valence electrons. The molecule has 0 N–H and O–H groups in total. The standard InChI is InChI=1S/C14H14FNO/c1-11-4-2-6-13(14(11)15)17-9-7-12-5-3-8-16-10-12/h2-6,8,10H,7,9H2,1H3. The molecular formula is C14H14FNO. The predicted molar refractivity (Wildman–Crippen MR) is 64.6 cm³/mol. The Balaban J connectivity index is 1.93. The molecule has 17 heavy (non-hydrogen) atoms. The highest BCUT2D eigenvalue weighted by Gasteiger charge is 2.05. The highest BCUT2D eigenvalue weighted by atomic mass is 19.1. The molecule has 2 nitrogen and oxygen atoms in total. The number of aromatic nitrogens is 1. The second-order valence-corrected chi connectivity index (χ2v) is 3.85. The van der Waals surface area contributed by atoms with Crippen molar-refractivity contribution in [1.29, 1.82) is 0 Å². The molecule has 1 heterocycles. The Morgan fingerprint density at radius 3 is 2.88 bits per heavy atom. The molecule has 0 aliphatic carbocycles. The molecule has 2 rings (SSSR count). The molecular weight excluding hydrogens is 217 g/mol. The van der Waals surface area contributed by atoms with Crippen molar-refractivity contribution in [3.05, 3.63) is 59.7 Å². The number of pyridine rings is 1. The minimum absolute atomic E-state index is 0.279. The molecule has 1 aromatic heterocycles. The summed E-state index contributed by atoms with van der Waals surface area (Å²) in [5.41, 5.74) is 1.68. The Morgan fingerprint density at radius 2 is 2.12 bits per heavy atom. The predicted octanol–water partition coefficient (Wildman–Crippen LogP) is 3.15. The third kappa shape index (κ3) is 3.03. The van der Waals surface area contributed by atoms with Crippen molar-refractivity contribution in [3.8, 4) is 5.75 Å². The Labute approximate surface area is 100 Å². The molecule has 0 saturated heterocycles. The number of aryl methyl sites for hydroxylation is 1. The minimum atomic E-state index is -0.279. The van der Waals surface area contributed by atoms with Crippen LogP contribution in [-0.2, 0) is 6.42 Å². The number of ether oxygens (including phenoxy) is 1. The zero-order valence-corrected chi connectivity index (χ0v) is 9.69. The first-order valence-electron chi connectivity index (χ1n) is 5.54. The lowest BCUT2D eigenvalue weighted by Gasteiger charge is -2.08.